The van der Waals surface area contributed by atoms with Gasteiger partial charge in [-0.15, -0.1) is 0 Å². The normalized spacial score (nSPS) is 10.4. The second-order valence-corrected chi connectivity index (χ2v) is 4.71. The maximum atomic E-state index is 12.1. The summed E-state index contributed by atoms with van der Waals surface area (Å²) >= 11 is 0. The molecule has 0 spiro atoms. The largest absolute Gasteiger partial charge is 0.464 e. The fourth-order valence-corrected chi connectivity index (χ4v) is 2.33. The number of ether oxygens (including phenoxy) is 1. The first-order valence-corrected chi connectivity index (χ1v) is 6.80. The molecule has 3 rings (SSSR count). The number of nitrogen functional groups attached to an aromatic ring is 1. The number of methoxy groups -OCH3 is 1. The van der Waals surface area contributed by atoms with Gasteiger partial charge in [0.15, 0.2) is 5.69 Å². The number of carbonyl (C=O) groups excluding carboxylic acids is 1. The maximum absolute atomic E-state index is 12.1. The molecule has 0 aliphatic carbocycles. The van der Waals surface area contributed by atoms with Crippen LogP contribution in [0, 0.1) is 0 Å². The first-order chi connectivity index (χ1) is 10.7. The zero-order valence-electron chi connectivity index (χ0n) is 12.1. The molecule has 0 amide bonds. The van der Waals surface area contributed by atoms with Gasteiger partial charge in [-0.25, -0.2) is 9.48 Å². The van der Waals surface area contributed by atoms with Crippen molar-refractivity contribution in [3.05, 3.63) is 66.4 Å². The summed E-state index contributed by atoms with van der Waals surface area (Å²) in [7, 11) is 1.33. The lowest BCUT2D eigenvalue weighted by Crippen LogP contribution is -2.05. The fourth-order valence-electron chi connectivity index (χ4n) is 2.33. The molecule has 0 saturated carbocycles. The Labute approximate surface area is 127 Å². The molecule has 22 heavy (non-hydrogen) atoms. The van der Waals surface area contributed by atoms with Crippen molar-refractivity contribution < 1.29 is 9.53 Å². The fraction of sp³-hybridized carbons (Fsp3) is 0.0588. The number of benzene rings is 2. The van der Waals surface area contributed by atoms with Gasteiger partial charge in [-0.2, -0.15) is 5.10 Å². The predicted octanol–water partition coefficient (Wildman–Crippen LogP) is 2.91. The summed E-state index contributed by atoms with van der Waals surface area (Å²) in [4.78, 5) is 12.1. The van der Waals surface area contributed by atoms with Crippen LogP contribution >= 0.6 is 0 Å². The van der Waals surface area contributed by atoms with Gasteiger partial charge in [0.05, 0.1) is 18.4 Å². The van der Waals surface area contributed by atoms with Gasteiger partial charge in [0.25, 0.3) is 0 Å². The van der Waals surface area contributed by atoms with Crippen LogP contribution in [0.5, 0.6) is 0 Å². The Balaban J connectivity index is 2.24. The molecule has 0 bridgehead atoms. The van der Waals surface area contributed by atoms with Crippen LogP contribution in [-0.2, 0) is 4.74 Å². The molecule has 2 aromatic carbocycles. The molecule has 2 N–H and O–H groups in total. The summed E-state index contributed by atoms with van der Waals surface area (Å²) < 4.78 is 6.38. The van der Waals surface area contributed by atoms with Crippen molar-refractivity contribution in [2.45, 2.75) is 0 Å². The highest BCUT2D eigenvalue weighted by Gasteiger charge is 2.23. The summed E-state index contributed by atoms with van der Waals surface area (Å²) in [6.07, 6.45) is 0. The third-order valence-corrected chi connectivity index (χ3v) is 3.36. The second kappa shape index (κ2) is 5.73. The Kier molecular flexibility index (Phi) is 3.62. The first-order valence-electron chi connectivity index (χ1n) is 6.80. The van der Waals surface area contributed by atoms with Crippen LogP contribution in [-0.4, -0.2) is 22.9 Å². The summed E-state index contributed by atoms with van der Waals surface area (Å²) in [5.41, 5.74) is 8.64. The van der Waals surface area contributed by atoms with Gasteiger partial charge in [0, 0.05) is 0 Å². The third kappa shape index (κ3) is 2.33. The number of anilines is 1. The number of nitrogens with two attached hydrogens (primary N) is 1. The maximum Gasteiger partial charge on any atom is 0.359 e. The number of carbonyl (C=O) groups is 1. The molecule has 0 saturated heterocycles. The number of hydrogen-bond acceptors (Lipinski definition) is 4. The van der Waals surface area contributed by atoms with Crippen molar-refractivity contribution in [2.75, 3.05) is 12.8 Å². The smallest absolute Gasteiger partial charge is 0.359 e. The summed E-state index contributed by atoms with van der Waals surface area (Å²) in [6, 6.07) is 18.9. The van der Waals surface area contributed by atoms with E-state index in [0.29, 0.717) is 11.4 Å². The molecule has 0 fully saturated rings. The van der Waals surface area contributed by atoms with Crippen molar-refractivity contribution >= 4 is 11.8 Å². The molecule has 0 unspecified atom stereocenters. The van der Waals surface area contributed by atoms with E-state index in [2.05, 4.69) is 5.10 Å². The van der Waals surface area contributed by atoms with E-state index in [1.807, 2.05) is 60.7 Å². The summed E-state index contributed by atoms with van der Waals surface area (Å²) in [5.74, 6) is -0.113. The number of nitrogens with zero attached hydrogens (tertiary/aromatic N) is 2. The topological polar surface area (TPSA) is 70.1 Å². The van der Waals surface area contributed by atoms with Gasteiger partial charge >= 0.3 is 5.97 Å². The molecule has 1 aromatic heterocycles. The van der Waals surface area contributed by atoms with E-state index in [1.165, 1.54) is 7.11 Å². The van der Waals surface area contributed by atoms with Gasteiger partial charge in [0.1, 0.15) is 5.82 Å². The van der Waals surface area contributed by atoms with Crippen LogP contribution in [0.15, 0.2) is 60.7 Å². The Morgan fingerprint density at radius 3 is 2.23 bits per heavy atom. The van der Waals surface area contributed by atoms with Crippen LogP contribution < -0.4 is 5.73 Å². The van der Waals surface area contributed by atoms with E-state index in [-0.39, 0.29) is 5.69 Å². The SMILES string of the molecule is COC(=O)c1nn(-c2ccccc2)c(N)c1-c1ccccc1. The lowest BCUT2D eigenvalue weighted by Gasteiger charge is -2.05. The van der Waals surface area contributed by atoms with E-state index in [9.17, 15) is 4.79 Å². The molecule has 0 atom stereocenters. The van der Waals surface area contributed by atoms with Crippen LogP contribution in [0.1, 0.15) is 10.5 Å². The molecule has 0 radical (unpaired) electrons. The number of aromatic nitrogens is 2. The lowest BCUT2D eigenvalue weighted by atomic mass is 10.1. The second-order valence-electron chi connectivity index (χ2n) is 4.71. The van der Waals surface area contributed by atoms with E-state index in [1.54, 1.807) is 4.68 Å². The number of hydrogen-bond donors (Lipinski definition) is 1. The van der Waals surface area contributed by atoms with E-state index in [4.69, 9.17) is 10.5 Å². The van der Waals surface area contributed by atoms with Crippen LogP contribution in [0.4, 0.5) is 5.82 Å². The highest BCUT2D eigenvalue weighted by atomic mass is 16.5. The van der Waals surface area contributed by atoms with Crippen molar-refractivity contribution in [3.63, 3.8) is 0 Å². The lowest BCUT2D eigenvalue weighted by molar-refractivity contribution is 0.0594. The number of para-hydroxylation sites is 1. The minimum absolute atomic E-state index is 0.204. The average molecular weight is 293 g/mol. The van der Waals surface area contributed by atoms with Crippen molar-refractivity contribution in [1.29, 1.82) is 0 Å². The van der Waals surface area contributed by atoms with Crippen LogP contribution in [0.3, 0.4) is 0 Å². The van der Waals surface area contributed by atoms with Gasteiger partial charge in [0.2, 0.25) is 0 Å². The summed E-state index contributed by atoms with van der Waals surface area (Å²) in [5, 5.41) is 4.34. The molecule has 0 aliphatic heterocycles. The van der Waals surface area contributed by atoms with Gasteiger partial charge in [-0.3, -0.25) is 0 Å². The van der Waals surface area contributed by atoms with Crippen molar-refractivity contribution in [3.8, 4) is 16.8 Å². The Hall–Kier alpha value is -3.08. The molecule has 5 nitrogen and oxygen atoms in total. The highest BCUT2D eigenvalue weighted by molar-refractivity contribution is 5.98. The Bertz CT molecular complexity index is 796. The molecule has 3 aromatic rings. The van der Waals surface area contributed by atoms with E-state index in [0.717, 1.165) is 11.3 Å². The highest BCUT2D eigenvalue weighted by Crippen LogP contribution is 2.31. The zero-order chi connectivity index (χ0) is 15.5. The van der Waals surface area contributed by atoms with Crippen LogP contribution in [0.2, 0.25) is 0 Å². The zero-order valence-corrected chi connectivity index (χ0v) is 12.1. The number of rotatable bonds is 3. The molecule has 0 aliphatic rings. The Morgan fingerprint density at radius 1 is 1.05 bits per heavy atom. The molecular formula is C17H15N3O2. The monoisotopic (exact) mass is 293 g/mol. The standard InChI is InChI=1S/C17H15N3O2/c1-22-17(21)15-14(12-8-4-2-5-9-12)16(18)20(19-15)13-10-6-3-7-11-13/h2-11H,18H2,1H3. The first kappa shape index (κ1) is 13.9. The van der Waals surface area contributed by atoms with Crippen molar-refractivity contribution in [1.82, 2.24) is 9.78 Å². The third-order valence-electron chi connectivity index (χ3n) is 3.36. The van der Waals surface area contributed by atoms with Crippen molar-refractivity contribution in [2.24, 2.45) is 0 Å². The quantitative estimate of drug-likeness (QED) is 0.754. The van der Waals surface area contributed by atoms with E-state index < -0.39 is 5.97 Å². The average Bonchev–Trinajstić information content (AvgIpc) is 2.93. The minimum atomic E-state index is -0.514. The van der Waals surface area contributed by atoms with Crippen LogP contribution in [0.25, 0.3) is 16.8 Å². The molecule has 5 heteroatoms. The molecule has 110 valence electrons. The molecule has 1 heterocycles. The predicted molar refractivity (Wildman–Crippen MR) is 84.8 cm³/mol. The van der Waals surface area contributed by atoms with Gasteiger partial charge < -0.3 is 10.5 Å². The minimum Gasteiger partial charge on any atom is -0.464 e. The molecular weight excluding hydrogens is 278 g/mol. The number of esters is 1. The van der Waals surface area contributed by atoms with E-state index >= 15 is 0 Å². The van der Waals surface area contributed by atoms with Gasteiger partial charge in [-0.05, 0) is 17.7 Å². The Morgan fingerprint density at radius 2 is 1.64 bits per heavy atom. The van der Waals surface area contributed by atoms with Gasteiger partial charge in [-0.1, -0.05) is 48.5 Å². The summed E-state index contributed by atoms with van der Waals surface area (Å²) in [6.45, 7) is 0.